The maximum atomic E-state index is 13.9. The fourth-order valence-electron chi connectivity index (χ4n) is 2.86. The summed E-state index contributed by atoms with van der Waals surface area (Å²) in [6, 6.07) is 3.94. The molecule has 0 aromatic heterocycles. The molecule has 1 spiro atoms. The van der Waals surface area contributed by atoms with Crippen LogP contribution in [0.3, 0.4) is 0 Å². The molecule has 2 fully saturated rings. The SMILES string of the molecule is O=[N+]([O-])c1ccc(N2CCCC3(CC3)C2)c(F)c1. The number of hydrogen-bond donors (Lipinski definition) is 0. The Bertz CT molecular complexity index is 500. The van der Waals surface area contributed by atoms with Crippen LogP contribution in [0.15, 0.2) is 18.2 Å². The van der Waals surface area contributed by atoms with E-state index in [1.807, 2.05) is 4.90 Å². The van der Waals surface area contributed by atoms with Gasteiger partial charge in [0.2, 0.25) is 0 Å². The molecule has 1 saturated heterocycles. The van der Waals surface area contributed by atoms with Gasteiger partial charge in [0, 0.05) is 19.2 Å². The molecule has 18 heavy (non-hydrogen) atoms. The first-order valence-electron chi connectivity index (χ1n) is 6.29. The number of piperidine rings is 1. The van der Waals surface area contributed by atoms with E-state index >= 15 is 0 Å². The van der Waals surface area contributed by atoms with Crippen LogP contribution < -0.4 is 4.90 Å². The van der Waals surface area contributed by atoms with Crippen molar-refractivity contribution in [1.82, 2.24) is 0 Å². The predicted molar refractivity (Wildman–Crippen MR) is 66.2 cm³/mol. The smallest absolute Gasteiger partial charge is 0.272 e. The van der Waals surface area contributed by atoms with Gasteiger partial charge in [-0.25, -0.2) is 4.39 Å². The molecule has 1 aliphatic carbocycles. The van der Waals surface area contributed by atoms with Crippen molar-refractivity contribution >= 4 is 11.4 Å². The standard InChI is InChI=1S/C13H15FN2O2/c14-11-8-10(16(17)18)2-3-12(11)15-7-1-4-13(9-15)5-6-13/h2-3,8H,1,4-7,9H2. The Morgan fingerprint density at radius 1 is 1.33 bits per heavy atom. The molecule has 1 heterocycles. The Labute approximate surface area is 105 Å². The third-order valence-electron chi connectivity index (χ3n) is 4.10. The van der Waals surface area contributed by atoms with Crippen LogP contribution in [0.25, 0.3) is 0 Å². The summed E-state index contributed by atoms with van der Waals surface area (Å²) in [4.78, 5) is 12.1. The normalized spacial score (nSPS) is 21.1. The molecular formula is C13H15FN2O2. The predicted octanol–water partition coefficient (Wildman–Crippen LogP) is 3.11. The maximum Gasteiger partial charge on any atom is 0.272 e. The Morgan fingerprint density at radius 3 is 2.72 bits per heavy atom. The largest absolute Gasteiger partial charge is 0.369 e. The monoisotopic (exact) mass is 250 g/mol. The minimum atomic E-state index is -0.564. The molecule has 0 atom stereocenters. The number of halogens is 1. The van der Waals surface area contributed by atoms with Gasteiger partial charge >= 0.3 is 0 Å². The Morgan fingerprint density at radius 2 is 2.11 bits per heavy atom. The van der Waals surface area contributed by atoms with E-state index in [1.54, 1.807) is 0 Å². The minimum Gasteiger partial charge on any atom is -0.369 e. The van der Waals surface area contributed by atoms with E-state index in [0.29, 0.717) is 11.1 Å². The summed E-state index contributed by atoms with van der Waals surface area (Å²) in [7, 11) is 0. The molecule has 2 aliphatic rings. The van der Waals surface area contributed by atoms with Gasteiger partial charge < -0.3 is 4.90 Å². The Balaban J connectivity index is 1.85. The van der Waals surface area contributed by atoms with Gasteiger partial charge in [0.05, 0.1) is 16.7 Å². The third-order valence-corrected chi connectivity index (χ3v) is 4.10. The summed E-state index contributed by atoms with van der Waals surface area (Å²) in [6.07, 6.45) is 4.78. The zero-order valence-electron chi connectivity index (χ0n) is 10.1. The number of benzene rings is 1. The van der Waals surface area contributed by atoms with E-state index < -0.39 is 10.7 Å². The average molecular weight is 250 g/mol. The number of rotatable bonds is 2. The minimum absolute atomic E-state index is 0.186. The van der Waals surface area contributed by atoms with Crippen LogP contribution in [0, 0.1) is 21.3 Å². The molecule has 96 valence electrons. The van der Waals surface area contributed by atoms with Gasteiger partial charge in [0.1, 0.15) is 0 Å². The summed E-state index contributed by atoms with van der Waals surface area (Å²) in [6.45, 7) is 1.73. The van der Waals surface area contributed by atoms with Gasteiger partial charge in [0.25, 0.3) is 5.69 Å². The van der Waals surface area contributed by atoms with Crippen molar-refractivity contribution in [2.45, 2.75) is 25.7 Å². The first kappa shape index (κ1) is 11.4. The van der Waals surface area contributed by atoms with Crippen molar-refractivity contribution in [2.75, 3.05) is 18.0 Å². The van der Waals surface area contributed by atoms with Crippen molar-refractivity contribution in [3.63, 3.8) is 0 Å². The molecule has 0 N–H and O–H groups in total. The van der Waals surface area contributed by atoms with Gasteiger partial charge in [-0.15, -0.1) is 0 Å². The molecule has 1 aromatic rings. The van der Waals surface area contributed by atoms with Crippen LogP contribution >= 0.6 is 0 Å². The van der Waals surface area contributed by atoms with Crippen LogP contribution in [0.1, 0.15) is 25.7 Å². The van der Waals surface area contributed by atoms with Gasteiger partial charge in [-0.05, 0) is 37.2 Å². The molecule has 1 saturated carbocycles. The summed E-state index contributed by atoms with van der Waals surface area (Å²) >= 11 is 0. The average Bonchev–Trinajstić information content (AvgIpc) is 3.08. The summed E-state index contributed by atoms with van der Waals surface area (Å²) < 4.78 is 13.9. The van der Waals surface area contributed by atoms with Gasteiger partial charge in [-0.2, -0.15) is 0 Å². The topological polar surface area (TPSA) is 46.4 Å². The van der Waals surface area contributed by atoms with Crippen molar-refractivity contribution in [2.24, 2.45) is 5.41 Å². The summed E-state index contributed by atoms with van der Waals surface area (Å²) in [5, 5.41) is 10.6. The molecule has 0 amide bonds. The van der Waals surface area contributed by atoms with Crippen molar-refractivity contribution in [3.8, 4) is 0 Å². The molecule has 4 nitrogen and oxygen atoms in total. The van der Waals surface area contributed by atoms with E-state index in [-0.39, 0.29) is 5.69 Å². The first-order valence-corrected chi connectivity index (χ1v) is 6.29. The second kappa shape index (κ2) is 3.93. The number of non-ortho nitro benzene ring substituents is 1. The number of anilines is 1. The van der Waals surface area contributed by atoms with E-state index in [0.717, 1.165) is 25.6 Å². The highest BCUT2D eigenvalue weighted by Crippen LogP contribution is 2.52. The van der Waals surface area contributed by atoms with E-state index in [1.165, 1.54) is 31.4 Å². The van der Waals surface area contributed by atoms with E-state index in [9.17, 15) is 14.5 Å². The van der Waals surface area contributed by atoms with Crippen molar-refractivity contribution in [3.05, 3.63) is 34.1 Å². The highest BCUT2D eigenvalue weighted by Gasteiger charge is 2.45. The van der Waals surface area contributed by atoms with Crippen LogP contribution in [-0.2, 0) is 0 Å². The number of nitrogens with zero attached hydrogens (tertiary/aromatic N) is 2. The van der Waals surface area contributed by atoms with Crippen LogP contribution in [0.4, 0.5) is 15.8 Å². The molecular weight excluding hydrogens is 235 g/mol. The van der Waals surface area contributed by atoms with Gasteiger partial charge in [0.15, 0.2) is 5.82 Å². The highest BCUT2D eigenvalue weighted by molar-refractivity contribution is 5.53. The van der Waals surface area contributed by atoms with Crippen molar-refractivity contribution < 1.29 is 9.31 Å². The Kier molecular flexibility index (Phi) is 2.50. The van der Waals surface area contributed by atoms with E-state index in [2.05, 4.69) is 0 Å². The van der Waals surface area contributed by atoms with Crippen LogP contribution in [0.5, 0.6) is 0 Å². The van der Waals surface area contributed by atoms with Crippen molar-refractivity contribution in [1.29, 1.82) is 0 Å². The van der Waals surface area contributed by atoms with Gasteiger partial charge in [-0.1, -0.05) is 0 Å². The van der Waals surface area contributed by atoms with Crippen LogP contribution in [0.2, 0.25) is 0 Å². The lowest BCUT2D eigenvalue weighted by Gasteiger charge is -2.34. The Hall–Kier alpha value is -1.65. The second-order valence-electron chi connectivity index (χ2n) is 5.42. The molecule has 0 radical (unpaired) electrons. The zero-order valence-corrected chi connectivity index (χ0v) is 10.1. The number of hydrogen-bond acceptors (Lipinski definition) is 3. The molecule has 0 bridgehead atoms. The second-order valence-corrected chi connectivity index (χ2v) is 5.42. The van der Waals surface area contributed by atoms with E-state index in [4.69, 9.17) is 0 Å². The van der Waals surface area contributed by atoms with Crippen LogP contribution in [-0.4, -0.2) is 18.0 Å². The molecule has 1 aliphatic heterocycles. The first-order chi connectivity index (χ1) is 8.60. The fraction of sp³-hybridized carbons (Fsp3) is 0.538. The number of nitro benzene ring substituents is 1. The number of nitro groups is 1. The molecule has 0 unspecified atom stereocenters. The maximum absolute atomic E-state index is 13.9. The summed E-state index contributed by atoms with van der Waals surface area (Å²) in [5.74, 6) is -0.484. The quantitative estimate of drug-likeness (QED) is 0.598. The molecule has 1 aromatic carbocycles. The lowest BCUT2D eigenvalue weighted by Crippen LogP contribution is -2.36. The molecule has 3 rings (SSSR count). The molecule has 5 heteroatoms. The zero-order chi connectivity index (χ0) is 12.8. The lowest BCUT2D eigenvalue weighted by atomic mass is 9.94. The summed E-state index contributed by atoms with van der Waals surface area (Å²) in [5.41, 5.74) is 0.730. The third kappa shape index (κ3) is 1.94. The highest BCUT2D eigenvalue weighted by atomic mass is 19.1. The fourth-order valence-corrected chi connectivity index (χ4v) is 2.86. The van der Waals surface area contributed by atoms with Gasteiger partial charge in [-0.3, -0.25) is 10.1 Å². The lowest BCUT2D eigenvalue weighted by molar-refractivity contribution is -0.385.